The summed E-state index contributed by atoms with van der Waals surface area (Å²) in [4.78, 5) is 30.5. The van der Waals surface area contributed by atoms with Gasteiger partial charge in [0.15, 0.2) is 0 Å². The number of furan rings is 1. The monoisotopic (exact) mass is 389 g/mol. The first-order chi connectivity index (χ1) is 11.5. The second kappa shape index (κ2) is 7.00. The number of carbonyl (C=O) groups excluding carboxylic acids is 1. The van der Waals surface area contributed by atoms with Crippen LogP contribution in [0.15, 0.2) is 56.6 Å². The Hall–Kier alpha value is -2.41. The maximum absolute atomic E-state index is 12.5. The summed E-state index contributed by atoms with van der Waals surface area (Å²) in [5, 5.41) is 0.531. The number of amides is 1. The average Bonchev–Trinajstić information content (AvgIpc) is 3.07. The number of fused-ring (bicyclic) bond motifs is 1. The van der Waals surface area contributed by atoms with Gasteiger partial charge in [0.05, 0.1) is 30.0 Å². The normalized spacial score (nSPS) is 10.9. The summed E-state index contributed by atoms with van der Waals surface area (Å²) >= 11 is 3.36. The van der Waals surface area contributed by atoms with E-state index in [2.05, 4.69) is 20.9 Å². The maximum Gasteiger partial charge on any atom is 0.261 e. The Morgan fingerprint density at radius 2 is 2.21 bits per heavy atom. The molecule has 7 heteroatoms. The first-order valence-corrected chi connectivity index (χ1v) is 8.25. The molecule has 0 N–H and O–H groups in total. The SMILES string of the molecule is CN(Cc1ccco1)C(=O)CCn1cnc2ccc(Br)cc2c1=O. The number of carbonyl (C=O) groups is 1. The summed E-state index contributed by atoms with van der Waals surface area (Å²) in [6.45, 7) is 0.694. The van der Waals surface area contributed by atoms with Crippen LogP contribution in [0.3, 0.4) is 0 Å². The molecule has 124 valence electrons. The average molecular weight is 390 g/mol. The van der Waals surface area contributed by atoms with Crippen LogP contribution in [-0.4, -0.2) is 27.4 Å². The van der Waals surface area contributed by atoms with Gasteiger partial charge in [-0.2, -0.15) is 0 Å². The molecule has 3 aromatic rings. The summed E-state index contributed by atoms with van der Waals surface area (Å²) in [6, 6.07) is 8.97. The molecule has 0 radical (unpaired) electrons. The molecule has 0 fully saturated rings. The molecule has 24 heavy (non-hydrogen) atoms. The second-order valence-electron chi connectivity index (χ2n) is 5.48. The standard InChI is InChI=1S/C17H16BrN3O3/c1-20(10-13-3-2-8-24-13)16(22)6-7-21-11-19-15-5-4-12(18)9-14(15)17(21)23/h2-5,8-9,11H,6-7,10H2,1H3. The largest absolute Gasteiger partial charge is 0.467 e. The van der Waals surface area contributed by atoms with E-state index in [1.54, 1.807) is 36.4 Å². The van der Waals surface area contributed by atoms with Gasteiger partial charge < -0.3 is 9.32 Å². The maximum atomic E-state index is 12.5. The van der Waals surface area contributed by atoms with E-state index in [9.17, 15) is 9.59 Å². The van der Waals surface area contributed by atoms with Crippen molar-refractivity contribution in [1.29, 1.82) is 0 Å². The molecule has 0 saturated heterocycles. The van der Waals surface area contributed by atoms with Crippen LogP contribution in [-0.2, 0) is 17.9 Å². The van der Waals surface area contributed by atoms with Crippen LogP contribution in [0.4, 0.5) is 0 Å². The first-order valence-electron chi connectivity index (χ1n) is 7.45. The summed E-state index contributed by atoms with van der Waals surface area (Å²) in [5.41, 5.74) is 0.489. The lowest BCUT2D eigenvalue weighted by atomic mass is 10.2. The molecule has 1 amide bonds. The minimum absolute atomic E-state index is 0.0624. The van der Waals surface area contributed by atoms with E-state index >= 15 is 0 Å². The van der Waals surface area contributed by atoms with Crippen molar-refractivity contribution in [2.24, 2.45) is 0 Å². The Morgan fingerprint density at radius 1 is 1.38 bits per heavy atom. The van der Waals surface area contributed by atoms with Gasteiger partial charge >= 0.3 is 0 Å². The molecule has 0 spiro atoms. The highest BCUT2D eigenvalue weighted by molar-refractivity contribution is 9.10. The Balaban J connectivity index is 1.70. The van der Waals surface area contributed by atoms with Gasteiger partial charge in [-0.25, -0.2) is 4.98 Å². The van der Waals surface area contributed by atoms with Crippen LogP contribution < -0.4 is 5.56 Å². The highest BCUT2D eigenvalue weighted by Crippen LogP contribution is 2.15. The van der Waals surface area contributed by atoms with Crippen molar-refractivity contribution in [2.75, 3.05) is 7.05 Å². The third kappa shape index (κ3) is 3.56. The zero-order chi connectivity index (χ0) is 17.1. The summed E-state index contributed by atoms with van der Waals surface area (Å²) in [5.74, 6) is 0.660. The molecule has 6 nitrogen and oxygen atoms in total. The van der Waals surface area contributed by atoms with E-state index in [0.29, 0.717) is 17.4 Å². The number of hydrogen-bond acceptors (Lipinski definition) is 4. The topological polar surface area (TPSA) is 68.3 Å². The number of nitrogens with zero attached hydrogens (tertiary/aromatic N) is 3. The predicted octanol–water partition coefficient (Wildman–Crippen LogP) is 2.80. The fourth-order valence-corrected chi connectivity index (χ4v) is 2.78. The molecule has 1 aromatic carbocycles. The summed E-state index contributed by atoms with van der Waals surface area (Å²) in [7, 11) is 1.71. The van der Waals surface area contributed by atoms with Gasteiger partial charge in [-0.3, -0.25) is 14.2 Å². The highest BCUT2D eigenvalue weighted by Gasteiger charge is 2.12. The Morgan fingerprint density at radius 3 is 2.96 bits per heavy atom. The number of benzene rings is 1. The van der Waals surface area contributed by atoms with Crippen molar-refractivity contribution in [2.45, 2.75) is 19.5 Å². The molecule has 0 aliphatic carbocycles. The van der Waals surface area contributed by atoms with Crippen LogP contribution in [0, 0.1) is 0 Å². The molecule has 2 heterocycles. The van der Waals surface area contributed by atoms with Crippen molar-refractivity contribution >= 4 is 32.7 Å². The number of rotatable bonds is 5. The molecule has 0 bridgehead atoms. The predicted molar refractivity (Wildman–Crippen MR) is 93.5 cm³/mol. The third-order valence-corrected chi connectivity index (χ3v) is 4.24. The molecular weight excluding hydrogens is 374 g/mol. The van der Waals surface area contributed by atoms with Gasteiger partial charge in [-0.05, 0) is 30.3 Å². The van der Waals surface area contributed by atoms with Gasteiger partial charge in [-0.1, -0.05) is 15.9 Å². The van der Waals surface area contributed by atoms with E-state index in [0.717, 1.165) is 10.2 Å². The van der Waals surface area contributed by atoms with Crippen molar-refractivity contribution in [3.05, 3.63) is 63.5 Å². The van der Waals surface area contributed by atoms with Crippen molar-refractivity contribution < 1.29 is 9.21 Å². The molecular formula is C17H16BrN3O3. The van der Waals surface area contributed by atoms with Crippen molar-refractivity contribution in [1.82, 2.24) is 14.5 Å². The molecule has 0 aliphatic rings. The van der Waals surface area contributed by atoms with E-state index < -0.39 is 0 Å². The van der Waals surface area contributed by atoms with Gasteiger partial charge in [0.25, 0.3) is 5.56 Å². The highest BCUT2D eigenvalue weighted by atomic mass is 79.9. The molecule has 0 unspecified atom stereocenters. The van der Waals surface area contributed by atoms with Crippen LogP contribution in [0.1, 0.15) is 12.2 Å². The zero-order valence-corrected chi connectivity index (χ0v) is 14.7. The van der Waals surface area contributed by atoms with Gasteiger partial charge in [0.1, 0.15) is 5.76 Å². The lowest BCUT2D eigenvalue weighted by molar-refractivity contribution is -0.130. The van der Waals surface area contributed by atoms with E-state index in [-0.39, 0.29) is 24.4 Å². The quantitative estimate of drug-likeness (QED) is 0.672. The summed E-state index contributed by atoms with van der Waals surface area (Å²) < 4.78 is 7.52. The van der Waals surface area contributed by atoms with Gasteiger partial charge in [-0.15, -0.1) is 0 Å². The minimum Gasteiger partial charge on any atom is -0.467 e. The molecule has 0 aliphatic heterocycles. The fourth-order valence-electron chi connectivity index (χ4n) is 2.42. The molecule has 2 aromatic heterocycles. The van der Waals surface area contributed by atoms with Crippen LogP contribution in [0.25, 0.3) is 10.9 Å². The van der Waals surface area contributed by atoms with E-state index in [1.165, 1.54) is 10.9 Å². The fraction of sp³-hybridized carbons (Fsp3) is 0.235. The zero-order valence-electron chi connectivity index (χ0n) is 13.1. The Kier molecular flexibility index (Phi) is 4.80. The number of halogens is 1. The van der Waals surface area contributed by atoms with Crippen molar-refractivity contribution in [3.63, 3.8) is 0 Å². The van der Waals surface area contributed by atoms with E-state index in [1.807, 2.05) is 12.1 Å². The van der Waals surface area contributed by atoms with E-state index in [4.69, 9.17) is 4.42 Å². The third-order valence-electron chi connectivity index (χ3n) is 3.75. The Bertz CT molecular complexity index is 918. The Labute approximate surface area is 146 Å². The van der Waals surface area contributed by atoms with Gasteiger partial charge in [0.2, 0.25) is 5.91 Å². The smallest absolute Gasteiger partial charge is 0.261 e. The molecule has 3 rings (SSSR count). The number of aromatic nitrogens is 2. The van der Waals surface area contributed by atoms with Crippen molar-refractivity contribution in [3.8, 4) is 0 Å². The lowest BCUT2D eigenvalue weighted by Crippen LogP contribution is -2.29. The van der Waals surface area contributed by atoms with Crippen LogP contribution in [0.2, 0.25) is 0 Å². The number of aryl methyl sites for hydroxylation is 1. The lowest BCUT2D eigenvalue weighted by Gasteiger charge is -2.16. The molecule has 0 saturated carbocycles. The second-order valence-corrected chi connectivity index (χ2v) is 6.40. The van der Waals surface area contributed by atoms with Crippen LogP contribution >= 0.6 is 15.9 Å². The summed E-state index contributed by atoms with van der Waals surface area (Å²) in [6.07, 6.45) is 3.28. The van der Waals surface area contributed by atoms with Crippen LogP contribution in [0.5, 0.6) is 0 Å². The van der Waals surface area contributed by atoms with Gasteiger partial charge in [0, 0.05) is 24.5 Å². The molecule has 0 atom stereocenters. The first kappa shape index (κ1) is 16.4. The number of hydrogen-bond donors (Lipinski definition) is 0. The minimum atomic E-state index is -0.150.